The molecule has 3 nitrogen and oxygen atoms in total. The third-order valence-corrected chi connectivity index (χ3v) is 5.77. The van der Waals surface area contributed by atoms with Crippen LogP contribution in [0.25, 0.3) is 0 Å². The van der Waals surface area contributed by atoms with E-state index in [9.17, 15) is 15.3 Å². The van der Waals surface area contributed by atoms with Gasteiger partial charge in [-0.1, -0.05) is 0 Å². The van der Waals surface area contributed by atoms with Gasteiger partial charge in [-0.3, -0.25) is 0 Å². The summed E-state index contributed by atoms with van der Waals surface area (Å²) >= 11 is 3.50. The molecular weight excluding hydrogens is 340 g/mol. The highest BCUT2D eigenvalue weighted by Gasteiger charge is 2.05. The van der Waals surface area contributed by atoms with Gasteiger partial charge in [0.05, 0.1) is 6.10 Å². The summed E-state index contributed by atoms with van der Waals surface area (Å²) in [5.41, 5.74) is 0. The molecule has 2 rings (SSSR count). The first kappa shape index (κ1) is 19.0. The van der Waals surface area contributed by atoms with Gasteiger partial charge in [-0.2, -0.15) is 0 Å². The normalized spacial score (nSPS) is 11.1. The topological polar surface area (TPSA) is 60.7 Å². The zero-order valence-electron chi connectivity index (χ0n) is 13.6. The Bertz CT molecular complexity index is 531. The summed E-state index contributed by atoms with van der Waals surface area (Å²) in [6, 6.07) is 14.4. The van der Waals surface area contributed by atoms with Crippen molar-refractivity contribution in [1.82, 2.24) is 0 Å². The highest BCUT2D eigenvalue weighted by atomic mass is 32.2. The van der Waals surface area contributed by atoms with Crippen LogP contribution in [0.15, 0.2) is 58.3 Å². The maximum absolute atomic E-state index is 10.0. The Balaban J connectivity index is 1.51. The number of aliphatic hydroxyl groups is 1. The average molecular weight is 365 g/mol. The van der Waals surface area contributed by atoms with Gasteiger partial charge in [-0.25, -0.2) is 0 Å². The number of aliphatic hydroxyl groups excluding tert-OH is 1. The summed E-state index contributed by atoms with van der Waals surface area (Å²) in [6.45, 7) is 0. The second-order valence-corrected chi connectivity index (χ2v) is 7.96. The molecule has 0 amide bonds. The van der Waals surface area contributed by atoms with Crippen LogP contribution in [-0.2, 0) is 0 Å². The van der Waals surface area contributed by atoms with E-state index in [1.165, 1.54) is 0 Å². The maximum atomic E-state index is 10.0. The molecule has 0 aliphatic carbocycles. The van der Waals surface area contributed by atoms with E-state index in [2.05, 4.69) is 0 Å². The number of benzene rings is 2. The third kappa shape index (κ3) is 7.51. The number of hydrogen-bond donors (Lipinski definition) is 3. The van der Waals surface area contributed by atoms with Crippen molar-refractivity contribution in [1.29, 1.82) is 0 Å². The van der Waals surface area contributed by atoms with E-state index >= 15 is 0 Å². The van der Waals surface area contributed by atoms with E-state index in [1.807, 2.05) is 24.3 Å². The molecule has 3 N–H and O–H groups in total. The van der Waals surface area contributed by atoms with Crippen molar-refractivity contribution in [3.8, 4) is 11.5 Å². The van der Waals surface area contributed by atoms with Crippen LogP contribution in [0.3, 0.4) is 0 Å². The molecule has 2 aromatic rings. The number of phenols is 2. The van der Waals surface area contributed by atoms with E-state index in [4.69, 9.17) is 0 Å². The van der Waals surface area contributed by atoms with E-state index in [0.29, 0.717) is 11.5 Å². The highest BCUT2D eigenvalue weighted by Crippen LogP contribution is 2.24. The average Bonchev–Trinajstić information content (AvgIpc) is 2.59. The van der Waals surface area contributed by atoms with Gasteiger partial charge in [0.25, 0.3) is 0 Å². The molecule has 0 heterocycles. The van der Waals surface area contributed by atoms with Crippen molar-refractivity contribution in [2.24, 2.45) is 0 Å². The van der Waals surface area contributed by atoms with Crippen molar-refractivity contribution < 1.29 is 15.3 Å². The lowest BCUT2D eigenvalue weighted by atomic mass is 10.1. The first-order valence-corrected chi connectivity index (χ1v) is 10.1. The SMILES string of the molecule is Oc1ccc(SCCCC(O)CCCSc2ccc(O)cc2)cc1. The van der Waals surface area contributed by atoms with Crippen LogP contribution in [0.4, 0.5) is 0 Å². The summed E-state index contributed by atoms with van der Waals surface area (Å²) in [6.07, 6.45) is 3.39. The van der Waals surface area contributed by atoms with Gasteiger partial charge in [-0.15, -0.1) is 23.5 Å². The fraction of sp³-hybridized carbons (Fsp3) is 0.368. The van der Waals surface area contributed by atoms with Crippen LogP contribution in [0.1, 0.15) is 25.7 Å². The lowest BCUT2D eigenvalue weighted by Crippen LogP contribution is -2.07. The van der Waals surface area contributed by atoms with Crippen molar-refractivity contribution in [2.45, 2.75) is 41.6 Å². The van der Waals surface area contributed by atoms with Crippen LogP contribution in [-0.4, -0.2) is 32.9 Å². The molecule has 0 atom stereocenters. The summed E-state index contributed by atoms with van der Waals surface area (Å²) in [7, 11) is 0. The summed E-state index contributed by atoms with van der Waals surface area (Å²) in [5, 5.41) is 28.5. The summed E-state index contributed by atoms with van der Waals surface area (Å²) in [4.78, 5) is 2.29. The third-order valence-electron chi connectivity index (χ3n) is 3.57. The van der Waals surface area contributed by atoms with Gasteiger partial charge in [0.15, 0.2) is 0 Å². The minimum atomic E-state index is -0.231. The largest absolute Gasteiger partial charge is 0.508 e. The van der Waals surface area contributed by atoms with Gasteiger partial charge < -0.3 is 15.3 Å². The molecule has 0 bridgehead atoms. The molecule has 24 heavy (non-hydrogen) atoms. The highest BCUT2D eigenvalue weighted by molar-refractivity contribution is 7.99. The number of thioether (sulfide) groups is 2. The molecule has 0 aliphatic heterocycles. The van der Waals surface area contributed by atoms with Crippen LogP contribution < -0.4 is 0 Å². The van der Waals surface area contributed by atoms with E-state index in [-0.39, 0.29) is 6.10 Å². The molecule has 0 spiro atoms. The maximum Gasteiger partial charge on any atom is 0.115 e. The second-order valence-electron chi connectivity index (χ2n) is 5.62. The number of aromatic hydroxyl groups is 2. The van der Waals surface area contributed by atoms with Gasteiger partial charge in [-0.05, 0) is 85.7 Å². The zero-order chi connectivity index (χ0) is 17.2. The van der Waals surface area contributed by atoms with Gasteiger partial charge in [0.2, 0.25) is 0 Å². The fourth-order valence-corrected chi connectivity index (χ4v) is 4.00. The van der Waals surface area contributed by atoms with Crippen molar-refractivity contribution in [2.75, 3.05) is 11.5 Å². The van der Waals surface area contributed by atoms with E-state index in [0.717, 1.165) is 47.0 Å². The van der Waals surface area contributed by atoms with E-state index in [1.54, 1.807) is 47.8 Å². The minimum Gasteiger partial charge on any atom is -0.508 e. The Morgan fingerprint density at radius 2 is 1.04 bits per heavy atom. The number of rotatable bonds is 10. The predicted molar refractivity (Wildman–Crippen MR) is 102 cm³/mol. The monoisotopic (exact) mass is 364 g/mol. The first-order valence-electron chi connectivity index (χ1n) is 8.15. The van der Waals surface area contributed by atoms with Crippen LogP contribution >= 0.6 is 23.5 Å². The molecule has 0 aliphatic rings. The summed E-state index contributed by atoms with van der Waals surface area (Å²) < 4.78 is 0. The second kappa shape index (κ2) is 10.5. The fourth-order valence-electron chi connectivity index (χ4n) is 2.25. The van der Waals surface area contributed by atoms with Gasteiger partial charge in [0.1, 0.15) is 11.5 Å². The zero-order valence-corrected chi connectivity index (χ0v) is 15.2. The quantitative estimate of drug-likeness (QED) is 0.413. The summed E-state index contributed by atoms with van der Waals surface area (Å²) in [5.74, 6) is 2.54. The number of phenolic OH excluding ortho intramolecular Hbond substituents is 2. The van der Waals surface area contributed by atoms with Crippen molar-refractivity contribution >= 4 is 23.5 Å². The molecule has 5 heteroatoms. The molecule has 0 saturated heterocycles. The lowest BCUT2D eigenvalue weighted by molar-refractivity contribution is 0.153. The van der Waals surface area contributed by atoms with Crippen LogP contribution in [0, 0.1) is 0 Å². The van der Waals surface area contributed by atoms with E-state index < -0.39 is 0 Å². The standard InChI is InChI=1S/C19H24O3S2/c20-15(3-1-13-23-18-9-5-16(21)6-10-18)4-2-14-24-19-11-7-17(22)8-12-19/h5-12,15,20-22H,1-4,13-14H2. The van der Waals surface area contributed by atoms with Crippen molar-refractivity contribution in [3.63, 3.8) is 0 Å². The van der Waals surface area contributed by atoms with Gasteiger partial charge >= 0.3 is 0 Å². The molecule has 0 unspecified atom stereocenters. The molecule has 0 aromatic heterocycles. The molecule has 0 saturated carbocycles. The molecule has 130 valence electrons. The molecular formula is C19H24O3S2. The Labute approximate surface area is 152 Å². The minimum absolute atomic E-state index is 0.231. The molecule has 0 radical (unpaired) electrons. The van der Waals surface area contributed by atoms with Gasteiger partial charge in [0, 0.05) is 9.79 Å². The predicted octanol–water partition coefficient (Wildman–Crippen LogP) is 4.90. The molecule has 2 aromatic carbocycles. The van der Waals surface area contributed by atoms with Crippen LogP contribution in [0.5, 0.6) is 11.5 Å². The van der Waals surface area contributed by atoms with Crippen molar-refractivity contribution in [3.05, 3.63) is 48.5 Å². The number of hydrogen-bond acceptors (Lipinski definition) is 5. The Morgan fingerprint density at radius 1 is 0.667 bits per heavy atom. The van der Waals surface area contributed by atoms with Crippen LogP contribution in [0.2, 0.25) is 0 Å². The smallest absolute Gasteiger partial charge is 0.115 e. The molecule has 0 fully saturated rings. The lowest BCUT2D eigenvalue weighted by Gasteiger charge is -2.10. The Kier molecular flexibility index (Phi) is 8.36. The Hall–Kier alpha value is -1.30. The Morgan fingerprint density at radius 3 is 1.42 bits per heavy atom. The first-order chi connectivity index (χ1) is 11.6.